The predicted molar refractivity (Wildman–Crippen MR) is 110 cm³/mol. The molecule has 0 bridgehead atoms. The zero-order valence-corrected chi connectivity index (χ0v) is 17.5. The Hall–Kier alpha value is -1.40. The van der Waals surface area contributed by atoms with Gasteiger partial charge in [0.05, 0.1) is 18.8 Å². The van der Waals surface area contributed by atoms with E-state index >= 15 is 0 Å². The fourth-order valence-electron chi connectivity index (χ4n) is 3.55. The molecule has 144 valence electrons. The molecule has 2 N–H and O–H groups in total. The van der Waals surface area contributed by atoms with Crippen molar-refractivity contribution in [3.63, 3.8) is 0 Å². The smallest absolute Gasteiger partial charge is 0.222 e. The first-order valence-electron chi connectivity index (χ1n) is 8.97. The quantitative estimate of drug-likeness (QED) is 0.674. The molecule has 1 heterocycles. The lowest BCUT2D eigenvalue weighted by atomic mass is 9.81. The molecule has 1 aliphatic rings. The van der Waals surface area contributed by atoms with Crippen LogP contribution in [0.15, 0.2) is 53.0 Å². The van der Waals surface area contributed by atoms with E-state index in [1.165, 1.54) is 0 Å². The molecule has 3 atom stereocenters. The maximum Gasteiger partial charge on any atom is 0.222 e. The van der Waals surface area contributed by atoms with E-state index in [0.29, 0.717) is 17.9 Å². The summed E-state index contributed by atoms with van der Waals surface area (Å²) in [4.78, 5) is 12.2. The summed E-state index contributed by atoms with van der Waals surface area (Å²) in [5, 5.41) is 12.8. The van der Waals surface area contributed by atoms with Gasteiger partial charge in [-0.15, -0.1) is 0 Å². The molecule has 1 aliphatic heterocycles. The lowest BCUT2D eigenvalue weighted by Crippen LogP contribution is -2.51. The molecule has 0 aliphatic carbocycles. The van der Waals surface area contributed by atoms with Crippen LogP contribution in [0.3, 0.4) is 0 Å². The van der Waals surface area contributed by atoms with Gasteiger partial charge in [-0.3, -0.25) is 4.79 Å². The number of halogens is 2. The van der Waals surface area contributed by atoms with E-state index in [-0.39, 0.29) is 31.1 Å². The average Bonchev–Trinajstić information content (AvgIpc) is 2.62. The van der Waals surface area contributed by atoms with Crippen molar-refractivity contribution >= 4 is 33.4 Å². The Labute approximate surface area is 173 Å². The standard InChI is InChI=1S/C21H23BrClNO3/c1-21(24-20(26)10-11-25)12-18(14-2-6-16(22)7-3-14)27-19(13-21)15-4-8-17(23)9-5-15/h2-9,18-19,25H,10-13H2,1H3,(H,24,26)/t18-,19+,21-/m1/s1. The normalized spacial score (nSPS) is 25.2. The van der Waals surface area contributed by atoms with Crippen LogP contribution in [0.1, 0.15) is 49.5 Å². The third-order valence-corrected chi connectivity index (χ3v) is 5.64. The summed E-state index contributed by atoms with van der Waals surface area (Å²) < 4.78 is 7.43. The first-order valence-corrected chi connectivity index (χ1v) is 10.1. The van der Waals surface area contributed by atoms with E-state index in [4.69, 9.17) is 21.4 Å². The topological polar surface area (TPSA) is 58.6 Å². The molecule has 3 rings (SSSR count). The van der Waals surface area contributed by atoms with Crippen molar-refractivity contribution in [2.45, 2.75) is 43.9 Å². The fourth-order valence-corrected chi connectivity index (χ4v) is 3.94. The second-order valence-corrected chi connectivity index (χ2v) is 8.56. The molecule has 1 amide bonds. The van der Waals surface area contributed by atoms with Crippen molar-refractivity contribution in [1.82, 2.24) is 5.32 Å². The number of carbonyl (C=O) groups excluding carboxylic acids is 1. The number of aliphatic hydroxyl groups is 1. The first kappa shape index (κ1) is 20.3. The number of hydrogen-bond donors (Lipinski definition) is 2. The third-order valence-electron chi connectivity index (χ3n) is 4.86. The van der Waals surface area contributed by atoms with Crippen LogP contribution in [0.25, 0.3) is 0 Å². The van der Waals surface area contributed by atoms with Gasteiger partial charge in [0.15, 0.2) is 0 Å². The maximum atomic E-state index is 12.2. The van der Waals surface area contributed by atoms with E-state index in [2.05, 4.69) is 21.2 Å². The summed E-state index contributed by atoms with van der Waals surface area (Å²) >= 11 is 9.49. The van der Waals surface area contributed by atoms with Crippen LogP contribution in [-0.4, -0.2) is 23.2 Å². The summed E-state index contributed by atoms with van der Waals surface area (Å²) in [5.74, 6) is -0.147. The van der Waals surface area contributed by atoms with Gasteiger partial charge >= 0.3 is 0 Å². The number of carbonyl (C=O) groups is 1. The number of ether oxygens (including phenoxy) is 1. The highest BCUT2D eigenvalue weighted by Crippen LogP contribution is 2.44. The summed E-state index contributed by atoms with van der Waals surface area (Å²) in [6, 6.07) is 15.7. The molecule has 0 unspecified atom stereocenters. The van der Waals surface area contributed by atoms with Crippen molar-refractivity contribution in [2.75, 3.05) is 6.61 Å². The van der Waals surface area contributed by atoms with Crippen molar-refractivity contribution in [2.24, 2.45) is 0 Å². The van der Waals surface area contributed by atoms with Gasteiger partial charge in [0.25, 0.3) is 0 Å². The Morgan fingerprint density at radius 1 is 1.15 bits per heavy atom. The van der Waals surface area contributed by atoms with E-state index in [1.807, 2.05) is 55.5 Å². The van der Waals surface area contributed by atoms with Gasteiger partial charge in [-0.05, 0) is 42.3 Å². The van der Waals surface area contributed by atoms with Crippen LogP contribution in [0.2, 0.25) is 5.02 Å². The number of benzene rings is 2. The van der Waals surface area contributed by atoms with Crippen molar-refractivity contribution in [3.05, 3.63) is 69.2 Å². The number of rotatable bonds is 5. The van der Waals surface area contributed by atoms with Crippen LogP contribution in [0.4, 0.5) is 0 Å². The van der Waals surface area contributed by atoms with Crippen molar-refractivity contribution in [3.8, 4) is 0 Å². The monoisotopic (exact) mass is 451 g/mol. The lowest BCUT2D eigenvalue weighted by molar-refractivity contribution is -0.129. The molecule has 4 nitrogen and oxygen atoms in total. The Morgan fingerprint density at radius 3 is 2.19 bits per heavy atom. The number of amides is 1. The summed E-state index contributed by atoms with van der Waals surface area (Å²) in [6.07, 6.45) is 1.11. The van der Waals surface area contributed by atoms with E-state index in [1.54, 1.807) is 0 Å². The molecule has 27 heavy (non-hydrogen) atoms. The Bertz CT molecular complexity index is 726. The molecule has 2 aromatic rings. The molecular weight excluding hydrogens is 430 g/mol. The fraction of sp³-hybridized carbons (Fsp3) is 0.381. The molecule has 2 aromatic carbocycles. The van der Waals surface area contributed by atoms with Crippen LogP contribution < -0.4 is 5.32 Å². The van der Waals surface area contributed by atoms with E-state index < -0.39 is 5.54 Å². The van der Waals surface area contributed by atoms with E-state index in [9.17, 15) is 4.79 Å². The average molecular weight is 453 g/mol. The molecule has 0 aromatic heterocycles. The first-order chi connectivity index (χ1) is 12.9. The SMILES string of the molecule is C[C@]1(NC(=O)CCO)C[C@@H](c2ccc(Cl)cc2)O[C@@H](c2ccc(Br)cc2)C1. The lowest BCUT2D eigenvalue weighted by Gasteiger charge is -2.43. The summed E-state index contributed by atoms with van der Waals surface area (Å²) in [5.41, 5.74) is 1.66. The Balaban J connectivity index is 1.88. The minimum Gasteiger partial charge on any atom is -0.396 e. The molecule has 1 saturated heterocycles. The highest BCUT2D eigenvalue weighted by molar-refractivity contribution is 9.10. The van der Waals surface area contributed by atoms with Gasteiger partial charge in [-0.1, -0.05) is 51.8 Å². The van der Waals surface area contributed by atoms with Gasteiger partial charge in [0, 0.05) is 34.3 Å². The highest BCUT2D eigenvalue weighted by atomic mass is 79.9. The van der Waals surface area contributed by atoms with Crippen LogP contribution >= 0.6 is 27.5 Å². The Kier molecular flexibility index (Phi) is 6.58. The zero-order valence-electron chi connectivity index (χ0n) is 15.1. The second kappa shape index (κ2) is 8.74. The Morgan fingerprint density at radius 2 is 1.67 bits per heavy atom. The number of hydrogen-bond acceptors (Lipinski definition) is 3. The summed E-state index contributed by atoms with van der Waals surface area (Å²) in [6.45, 7) is 1.88. The molecular formula is C21H23BrClNO3. The van der Waals surface area contributed by atoms with Crippen molar-refractivity contribution < 1.29 is 14.6 Å². The number of aliphatic hydroxyl groups excluding tert-OH is 1. The van der Waals surface area contributed by atoms with Gasteiger partial charge in [-0.25, -0.2) is 0 Å². The zero-order chi connectivity index (χ0) is 19.4. The van der Waals surface area contributed by atoms with Crippen molar-refractivity contribution in [1.29, 1.82) is 0 Å². The molecule has 0 radical (unpaired) electrons. The van der Waals surface area contributed by atoms with Crippen LogP contribution in [0, 0.1) is 0 Å². The largest absolute Gasteiger partial charge is 0.396 e. The predicted octanol–water partition coefficient (Wildman–Crippen LogP) is 4.95. The van der Waals surface area contributed by atoms with Gasteiger partial charge in [0.1, 0.15) is 0 Å². The molecule has 0 saturated carbocycles. The van der Waals surface area contributed by atoms with E-state index in [0.717, 1.165) is 15.6 Å². The minimum atomic E-state index is -0.438. The number of nitrogens with one attached hydrogen (secondary N) is 1. The molecule has 0 spiro atoms. The maximum absolute atomic E-state index is 12.2. The van der Waals surface area contributed by atoms with Crippen LogP contribution in [-0.2, 0) is 9.53 Å². The molecule has 1 fully saturated rings. The second-order valence-electron chi connectivity index (χ2n) is 7.21. The molecule has 6 heteroatoms. The third kappa shape index (κ3) is 5.32. The van der Waals surface area contributed by atoms with Crippen LogP contribution in [0.5, 0.6) is 0 Å². The van der Waals surface area contributed by atoms with Gasteiger partial charge < -0.3 is 15.2 Å². The van der Waals surface area contributed by atoms with Gasteiger partial charge in [-0.2, -0.15) is 0 Å². The highest BCUT2D eigenvalue weighted by Gasteiger charge is 2.40. The minimum absolute atomic E-state index is 0.102. The van der Waals surface area contributed by atoms with Gasteiger partial charge in [0.2, 0.25) is 5.91 Å². The summed E-state index contributed by atoms with van der Waals surface area (Å²) in [7, 11) is 0.